The summed E-state index contributed by atoms with van der Waals surface area (Å²) in [6.45, 7) is 1.97. The van der Waals surface area contributed by atoms with Gasteiger partial charge in [-0.25, -0.2) is 0 Å². The first kappa shape index (κ1) is 9.21. The fourth-order valence-corrected chi connectivity index (χ4v) is 1.81. The second-order valence-electron chi connectivity index (χ2n) is 3.29. The van der Waals surface area contributed by atoms with Crippen molar-refractivity contribution >= 4 is 5.78 Å². The average molecular weight is 167 g/mol. The lowest BCUT2D eigenvalue weighted by Gasteiger charge is -2.39. The number of ketones is 1. The molecule has 1 aliphatic carbocycles. The van der Waals surface area contributed by atoms with Gasteiger partial charge in [-0.3, -0.25) is 4.79 Å². The zero-order valence-electron chi connectivity index (χ0n) is 7.46. The summed E-state index contributed by atoms with van der Waals surface area (Å²) in [6, 6.07) is 2.20. The van der Waals surface area contributed by atoms with E-state index >= 15 is 0 Å². The molecule has 1 fully saturated rings. The van der Waals surface area contributed by atoms with Crippen molar-refractivity contribution in [2.45, 2.75) is 32.3 Å². The minimum atomic E-state index is -0.513. The Morgan fingerprint density at radius 3 is 2.58 bits per heavy atom. The number of nitrogens with zero attached hydrogens (tertiary/aromatic N) is 1. The molecule has 1 saturated carbocycles. The molecular weight excluding hydrogens is 154 g/mol. The van der Waals surface area contributed by atoms with Crippen LogP contribution in [0.2, 0.25) is 0 Å². The normalized spacial score (nSPS) is 22.6. The molecule has 0 N–H and O–H groups in total. The van der Waals surface area contributed by atoms with Gasteiger partial charge in [-0.2, -0.15) is 5.26 Å². The van der Waals surface area contributed by atoms with Crippen LogP contribution in [0.1, 0.15) is 26.2 Å². The lowest BCUT2D eigenvalue weighted by molar-refractivity contribution is -0.137. The standard InChI is InChI=1S/C9H13NO2/c1-3-8(12-2)9(6-10)4-7(11)5-9/h8H,3-5H2,1-2H3. The molecule has 0 aromatic rings. The zero-order chi connectivity index (χ0) is 9.19. The van der Waals surface area contributed by atoms with Crippen LogP contribution in [-0.4, -0.2) is 19.0 Å². The van der Waals surface area contributed by atoms with Gasteiger partial charge in [-0.1, -0.05) is 6.92 Å². The fourth-order valence-electron chi connectivity index (χ4n) is 1.81. The Morgan fingerprint density at radius 2 is 2.33 bits per heavy atom. The van der Waals surface area contributed by atoms with Crippen molar-refractivity contribution in [3.8, 4) is 6.07 Å². The van der Waals surface area contributed by atoms with Crippen molar-refractivity contribution in [2.24, 2.45) is 5.41 Å². The number of carbonyl (C=O) groups is 1. The predicted molar refractivity (Wildman–Crippen MR) is 43.4 cm³/mol. The summed E-state index contributed by atoms with van der Waals surface area (Å²) in [4.78, 5) is 10.8. The third kappa shape index (κ3) is 1.23. The van der Waals surface area contributed by atoms with E-state index in [0.717, 1.165) is 6.42 Å². The van der Waals surface area contributed by atoms with E-state index in [1.165, 1.54) is 0 Å². The molecule has 1 aliphatic rings. The van der Waals surface area contributed by atoms with Crippen LogP contribution in [0, 0.1) is 16.7 Å². The topological polar surface area (TPSA) is 50.1 Å². The molecule has 0 aromatic heterocycles. The zero-order valence-corrected chi connectivity index (χ0v) is 7.46. The molecule has 3 nitrogen and oxygen atoms in total. The van der Waals surface area contributed by atoms with Crippen LogP contribution in [0.25, 0.3) is 0 Å². The highest BCUT2D eigenvalue weighted by atomic mass is 16.5. The molecule has 1 atom stereocenters. The smallest absolute Gasteiger partial charge is 0.136 e. The van der Waals surface area contributed by atoms with E-state index < -0.39 is 5.41 Å². The Morgan fingerprint density at radius 1 is 1.75 bits per heavy atom. The number of hydrogen-bond donors (Lipinski definition) is 0. The molecule has 0 spiro atoms. The largest absolute Gasteiger partial charge is 0.380 e. The molecule has 0 heterocycles. The number of methoxy groups -OCH3 is 1. The summed E-state index contributed by atoms with van der Waals surface area (Å²) in [6.07, 6.45) is 1.45. The summed E-state index contributed by atoms with van der Waals surface area (Å²) in [5.74, 6) is 0.173. The van der Waals surface area contributed by atoms with Crippen LogP contribution in [0.3, 0.4) is 0 Å². The molecule has 1 unspecified atom stereocenters. The molecule has 0 aromatic carbocycles. The lowest BCUT2D eigenvalue weighted by atomic mass is 9.64. The summed E-state index contributed by atoms with van der Waals surface area (Å²) < 4.78 is 5.17. The van der Waals surface area contributed by atoms with Gasteiger partial charge >= 0.3 is 0 Å². The first-order valence-corrected chi connectivity index (χ1v) is 4.14. The van der Waals surface area contributed by atoms with Gasteiger partial charge in [0.25, 0.3) is 0 Å². The minimum absolute atomic E-state index is 0.0831. The van der Waals surface area contributed by atoms with E-state index in [1.807, 2.05) is 6.92 Å². The van der Waals surface area contributed by atoms with Gasteiger partial charge in [0.2, 0.25) is 0 Å². The average Bonchev–Trinajstić information content (AvgIpc) is 2.02. The van der Waals surface area contributed by atoms with Crippen molar-refractivity contribution in [3.05, 3.63) is 0 Å². The Bertz CT molecular complexity index is 217. The van der Waals surface area contributed by atoms with Crippen LogP contribution in [0.5, 0.6) is 0 Å². The van der Waals surface area contributed by atoms with Crippen LogP contribution in [0.15, 0.2) is 0 Å². The maximum atomic E-state index is 10.8. The SMILES string of the molecule is CCC(OC)C1(C#N)CC(=O)C1. The molecule has 0 saturated heterocycles. The van der Waals surface area contributed by atoms with Crippen molar-refractivity contribution in [1.82, 2.24) is 0 Å². The molecule has 66 valence electrons. The van der Waals surface area contributed by atoms with Gasteiger partial charge in [-0.15, -0.1) is 0 Å². The Labute approximate surface area is 72.3 Å². The van der Waals surface area contributed by atoms with Gasteiger partial charge < -0.3 is 4.74 Å². The van der Waals surface area contributed by atoms with Crippen molar-refractivity contribution in [3.63, 3.8) is 0 Å². The van der Waals surface area contributed by atoms with Crippen molar-refractivity contribution in [2.75, 3.05) is 7.11 Å². The van der Waals surface area contributed by atoms with Crippen LogP contribution >= 0.6 is 0 Å². The van der Waals surface area contributed by atoms with Crippen LogP contribution < -0.4 is 0 Å². The van der Waals surface area contributed by atoms with E-state index in [1.54, 1.807) is 7.11 Å². The van der Waals surface area contributed by atoms with Crippen molar-refractivity contribution < 1.29 is 9.53 Å². The third-order valence-electron chi connectivity index (χ3n) is 2.52. The van der Waals surface area contributed by atoms with Gasteiger partial charge in [0.1, 0.15) is 5.78 Å². The number of hydrogen-bond acceptors (Lipinski definition) is 3. The lowest BCUT2D eigenvalue weighted by Crippen LogP contribution is -2.46. The monoisotopic (exact) mass is 167 g/mol. The molecule has 0 amide bonds. The minimum Gasteiger partial charge on any atom is -0.380 e. The molecular formula is C9H13NO2. The van der Waals surface area contributed by atoms with Gasteiger partial charge in [0, 0.05) is 20.0 Å². The first-order valence-electron chi connectivity index (χ1n) is 4.14. The Balaban J connectivity index is 2.69. The number of carbonyl (C=O) groups excluding carboxylic acids is 1. The number of nitriles is 1. The first-order chi connectivity index (χ1) is 5.68. The van der Waals surface area contributed by atoms with E-state index in [9.17, 15) is 4.79 Å². The highest BCUT2D eigenvalue weighted by molar-refractivity contribution is 5.87. The predicted octanol–water partition coefficient (Wildman–Crippen LogP) is 1.28. The molecule has 12 heavy (non-hydrogen) atoms. The second-order valence-corrected chi connectivity index (χ2v) is 3.29. The second kappa shape index (κ2) is 3.24. The maximum Gasteiger partial charge on any atom is 0.136 e. The van der Waals surface area contributed by atoms with E-state index in [2.05, 4.69) is 6.07 Å². The summed E-state index contributed by atoms with van der Waals surface area (Å²) in [5.41, 5.74) is -0.513. The van der Waals surface area contributed by atoms with Crippen molar-refractivity contribution in [1.29, 1.82) is 5.26 Å². The highest BCUT2D eigenvalue weighted by Gasteiger charge is 2.49. The van der Waals surface area contributed by atoms with Gasteiger partial charge in [0.15, 0.2) is 0 Å². The van der Waals surface area contributed by atoms with Gasteiger partial charge in [-0.05, 0) is 6.42 Å². The fraction of sp³-hybridized carbons (Fsp3) is 0.778. The van der Waals surface area contributed by atoms with Gasteiger partial charge in [0.05, 0.1) is 17.6 Å². The molecule has 3 heteroatoms. The van der Waals surface area contributed by atoms with Crippen LogP contribution in [-0.2, 0) is 9.53 Å². The number of rotatable bonds is 3. The third-order valence-corrected chi connectivity index (χ3v) is 2.52. The molecule has 0 bridgehead atoms. The maximum absolute atomic E-state index is 10.8. The number of Topliss-reactive ketones (excluding diaryl/α,β-unsaturated/α-hetero) is 1. The molecule has 0 radical (unpaired) electrons. The summed E-state index contributed by atoms with van der Waals surface area (Å²) in [7, 11) is 1.59. The summed E-state index contributed by atoms with van der Waals surface area (Å²) in [5, 5.41) is 8.90. The number of ether oxygens (including phenoxy) is 1. The summed E-state index contributed by atoms with van der Waals surface area (Å²) >= 11 is 0. The Hall–Kier alpha value is -0.880. The Kier molecular flexibility index (Phi) is 2.49. The van der Waals surface area contributed by atoms with Crippen LogP contribution in [0.4, 0.5) is 0 Å². The highest BCUT2D eigenvalue weighted by Crippen LogP contribution is 2.42. The van der Waals surface area contributed by atoms with E-state index in [-0.39, 0.29) is 11.9 Å². The molecule has 1 rings (SSSR count). The quantitative estimate of drug-likeness (QED) is 0.636. The molecule has 0 aliphatic heterocycles. The van der Waals surface area contributed by atoms with E-state index in [0.29, 0.717) is 12.8 Å². The van der Waals surface area contributed by atoms with E-state index in [4.69, 9.17) is 10.00 Å².